The Morgan fingerprint density at radius 3 is 2.71 bits per heavy atom. The van der Waals surface area contributed by atoms with Gasteiger partial charge in [-0.25, -0.2) is 0 Å². The summed E-state index contributed by atoms with van der Waals surface area (Å²) < 4.78 is 5.18. The average Bonchev–Trinajstić information content (AvgIpc) is 2.27. The second kappa shape index (κ2) is 6.45. The van der Waals surface area contributed by atoms with Crippen molar-refractivity contribution < 1.29 is 4.74 Å². The molecular formula is C15H23NO. The molecule has 0 bridgehead atoms. The van der Waals surface area contributed by atoms with Gasteiger partial charge in [-0.15, -0.1) is 0 Å². The van der Waals surface area contributed by atoms with E-state index in [1.54, 1.807) is 7.11 Å². The maximum absolute atomic E-state index is 5.18. The van der Waals surface area contributed by atoms with Crippen molar-refractivity contribution in [3.63, 3.8) is 0 Å². The molecule has 1 aromatic rings. The lowest BCUT2D eigenvalue weighted by molar-refractivity contribution is 0.414. The zero-order chi connectivity index (χ0) is 12.7. The third-order valence-corrected chi connectivity index (χ3v) is 2.37. The molecule has 0 radical (unpaired) electrons. The summed E-state index contributed by atoms with van der Waals surface area (Å²) in [4.78, 5) is 0. The van der Waals surface area contributed by atoms with E-state index in [1.165, 1.54) is 5.56 Å². The Balaban J connectivity index is 2.38. The zero-order valence-corrected chi connectivity index (χ0v) is 11.3. The van der Waals surface area contributed by atoms with Crippen LogP contribution in [0.15, 0.2) is 30.3 Å². The molecule has 0 aliphatic rings. The van der Waals surface area contributed by atoms with Crippen LogP contribution in [0.2, 0.25) is 0 Å². The molecular weight excluding hydrogens is 210 g/mol. The van der Waals surface area contributed by atoms with Gasteiger partial charge in [0, 0.05) is 5.54 Å². The summed E-state index contributed by atoms with van der Waals surface area (Å²) >= 11 is 0. The van der Waals surface area contributed by atoms with Gasteiger partial charge in [0.25, 0.3) is 0 Å². The molecule has 2 heteroatoms. The van der Waals surface area contributed by atoms with Crippen LogP contribution in [-0.4, -0.2) is 19.2 Å². The lowest BCUT2D eigenvalue weighted by Gasteiger charge is -2.19. The van der Waals surface area contributed by atoms with Crippen molar-refractivity contribution in [3.8, 4) is 5.75 Å². The molecule has 0 amide bonds. The molecule has 2 nitrogen and oxygen atoms in total. The van der Waals surface area contributed by atoms with Crippen molar-refractivity contribution >= 4 is 6.08 Å². The van der Waals surface area contributed by atoms with Crippen LogP contribution < -0.4 is 10.1 Å². The van der Waals surface area contributed by atoms with Gasteiger partial charge in [-0.1, -0.05) is 24.3 Å². The molecule has 0 aromatic heterocycles. The van der Waals surface area contributed by atoms with E-state index >= 15 is 0 Å². The fourth-order valence-corrected chi connectivity index (χ4v) is 1.50. The topological polar surface area (TPSA) is 21.3 Å². The summed E-state index contributed by atoms with van der Waals surface area (Å²) in [5, 5.41) is 3.45. The number of rotatable bonds is 5. The van der Waals surface area contributed by atoms with Gasteiger partial charge >= 0.3 is 0 Å². The molecule has 0 heterocycles. The fourth-order valence-electron chi connectivity index (χ4n) is 1.50. The van der Waals surface area contributed by atoms with Crippen LogP contribution in [-0.2, 0) is 0 Å². The first-order valence-electron chi connectivity index (χ1n) is 6.07. The maximum atomic E-state index is 5.18. The van der Waals surface area contributed by atoms with E-state index in [0.29, 0.717) is 0 Å². The van der Waals surface area contributed by atoms with Gasteiger partial charge in [-0.3, -0.25) is 0 Å². The molecule has 0 atom stereocenters. The predicted molar refractivity (Wildman–Crippen MR) is 74.4 cm³/mol. The molecule has 1 aromatic carbocycles. The van der Waals surface area contributed by atoms with E-state index in [-0.39, 0.29) is 5.54 Å². The minimum absolute atomic E-state index is 0.198. The highest BCUT2D eigenvalue weighted by molar-refractivity contribution is 5.51. The summed E-state index contributed by atoms with van der Waals surface area (Å²) in [5.41, 5.74) is 1.38. The maximum Gasteiger partial charge on any atom is 0.119 e. The van der Waals surface area contributed by atoms with Gasteiger partial charge in [-0.05, 0) is 51.4 Å². The van der Waals surface area contributed by atoms with E-state index < -0.39 is 0 Å². The summed E-state index contributed by atoms with van der Waals surface area (Å²) in [5.74, 6) is 0.903. The molecule has 1 N–H and O–H groups in total. The number of nitrogens with one attached hydrogen (secondary N) is 1. The Bertz CT molecular complexity index is 363. The summed E-state index contributed by atoms with van der Waals surface area (Å²) in [6.07, 6.45) is 5.36. The first kappa shape index (κ1) is 13.8. The molecule has 0 aliphatic heterocycles. The van der Waals surface area contributed by atoms with Crippen LogP contribution in [0.3, 0.4) is 0 Å². The molecule has 0 spiro atoms. The van der Waals surface area contributed by atoms with E-state index in [1.807, 2.05) is 18.2 Å². The van der Waals surface area contributed by atoms with Crippen LogP contribution in [0.1, 0.15) is 32.8 Å². The standard InChI is InChI=1S/C15H23NO/c1-15(2,3)16-11-6-5-8-13-9-7-10-14(12-13)17-4/h5,7-10,12,16H,6,11H2,1-4H3. The molecule has 0 fully saturated rings. The Kier molecular flexibility index (Phi) is 5.23. The molecule has 0 aliphatic carbocycles. The first-order valence-corrected chi connectivity index (χ1v) is 6.07. The van der Waals surface area contributed by atoms with Gasteiger partial charge in [0.2, 0.25) is 0 Å². The van der Waals surface area contributed by atoms with Crippen LogP contribution in [0, 0.1) is 0 Å². The van der Waals surface area contributed by atoms with E-state index in [4.69, 9.17) is 4.74 Å². The normalized spacial score (nSPS) is 12.0. The van der Waals surface area contributed by atoms with Gasteiger partial charge < -0.3 is 10.1 Å². The smallest absolute Gasteiger partial charge is 0.119 e. The van der Waals surface area contributed by atoms with Gasteiger partial charge in [-0.2, -0.15) is 0 Å². The van der Waals surface area contributed by atoms with Crippen molar-refractivity contribution in [2.24, 2.45) is 0 Å². The Hall–Kier alpha value is -1.28. The molecule has 0 saturated heterocycles. The SMILES string of the molecule is COc1cccc(C=CCCNC(C)(C)C)c1. The Morgan fingerprint density at radius 1 is 1.29 bits per heavy atom. The average molecular weight is 233 g/mol. The van der Waals surface area contributed by atoms with Crippen molar-refractivity contribution in [2.75, 3.05) is 13.7 Å². The largest absolute Gasteiger partial charge is 0.497 e. The van der Waals surface area contributed by atoms with Gasteiger partial charge in [0.1, 0.15) is 5.75 Å². The summed E-state index contributed by atoms with van der Waals surface area (Å²) in [6.45, 7) is 7.54. The molecule has 1 rings (SSSR count). The lowest BCUT2D eigenvalue weighted by atomic mass is 10.1. The quantitative estimate of drug-likeness (QED) is 0.786. The molecule has 17 heavy (non-hydrogen) atoms. The van der Waals surface area contributed by atoms with E-state index in [2.05, 4.69) is 44.3 Å². The number of hydrogen-bond acceptors (Lipinski definition) is 2. The second-order valence-electron chi connectivity index (χ2n) is 5.14. The Labute approximate surface area is 105 Å². The molecule has 94 valence electrons. The monoisotopic (exact) mass is 233 g/mol. The number of benzene rings is 1. The van der Waals surface area contributed by atoms with Crippen LogP contribution in [0.25, 0.3) is 6.08 Å². The number of hydrogen-bond donors (Lipinski definition) is 1. The highest BCUT2D eigenvalue weighted by Crippen LogP contribution is 2.13. The lowest BCUT2D eigenvalue weighted by Crippen LogP contribution is -2.36. The molecule has 0 saturated carbocycles. The third-order valence-electron chi connectivity index (χ3n) is 2.37. The summed E-state index contributed by atoms with van der Waals surface area (Å²) in [7, 11) is 1.69. The third kappa shape index (κ3) is 6.12. The second-order valence-corrected chi connectivity index (χ2v) is 5.14. The first-order chi connectivity index (χ1) is 8.01. The van der Waals surface area contributed by atoms with Crippen LogP contribution in [0.5, 0.6) is 5.75 Å². The predicted octanol–water partition coefficient (Wildman–Crippen LogP) is 3.49. The van der Waals surface area contributed by atoms with E-state index in [0.717, 1.165) is 18.7 Å². The highest BCUT2D eigenvalue weighted by Gasteiger charge is 2.06. The highest BCUT2D eigenvalue weighted by atomic mass is 16.5. The fraction of sp³-hybridized carbons (Fsp3) is 0.467. The van der Waals surface area contributed by atoms with E-state index in [9.17, 15) is 0 Å². The van der Waals surface area contributed by atoms with Crippen LogP contribution >= 0.6 is 0 Å². The molecule has 0 unspecified atom stereocenters. The number of methoxy groups -OCH3 is 1. The van der Waals surface area contributed by atoms with Gasteiger partial charge in [0.05, 0.1) is 7.11 Å². The van der Waals surface area contributed by atoms with Crippen molar-refractivity contribution in [1.82, 2.24) is 5.32 Å². The van der Waals surface area contributed by atoms with Crippen molar-refractivity contribution in [2.45, 2.75) is 32.7 Å². The van der Waals surface area contributed by atoms with Crippen LogP contribution in [0.4, 0.5) is 0 Å². The minimum Gasteiger partial charge on any atom is -0.497 e. The Morgan fingerprint density at radius 2 is 2.06 bits per heavy atom. The number of ether oxygens (including phenoxy) is 1. The van der Waals surface area contributed by atoms with Gasteiger partial charge in [0.15, 0.2) is 0 Å². The van der Waals surface area contributed by atoms with Crippen molar-refractivity contribution in [1.29, 1.82) is 0 Å². The zero-order valence-electron chi connectivity index (χ0n) is 11.3. The van der Waals surface area contributed by atoms with Crippen molar-refractivity contribution in [3.05, 3.63) is 35.9 Å². The summed E-state index contributed by atoms with van der Waals surface area (Å²) in [6, 6.07) is 8.08. The minimum atomic E-state index is 0.198.